The van der Waals surface area contributed by atoms with Gasteiger partial charge >= 0.3 is 0 Å². The Hall–Kier alpha value is -6.58. The van der Waals surface area contributed by atoms with Crippen LogP contribution in [0, 0.1) is 0 Å². The average Bonchev–Trinajstić information content (AvgIpc) is 3.65. The summed E-state index contributed by atoms with van der Waals surface area (Å²) in [7, 11) is 11.3. The van der Waals surface area contributed by atoms with Crippen LogP contribution in [0.2, 0.25) is 0 Å². The van der Waals surface area contributed by atoms with Gasteiger partial charge in [0.2, 0.25) is 0 Å². The summed E-state index contributed by atoms with van der Waals surface area (Å²) in [4.78, 5) is 10.4. The molecule has 8 aromatic carbocycles. The van der Waals surface area contributed by atoms with Crippen LogP contribution >= 0.6 is 0 Å². The highest BCUT2D eigenvalue weighted by molar-refractivity contribution is 6.68. The molecule has 2 nitrogen and oxygen atoms in total. The van der Waals surface area contributed by atoms with Crippen LogP contribution in [0.25, 0.3) is 89.2 Å². The van der Waals surface area contributed by atoms with E-state index in [2.05, 4.69) is 185 Å². The molecule has 7 heteroatoms. The van der Waals surface area contributed by atoms with Crippen molar-refractivity contribution in [1.29, 1.82) is 0 Å². The van der Waals surface area contributed by atoms with Gasteiger partial charge in [-0.3, -0.25) is 0 Å². The van der Waals surface area contributed by atoms with E-state index >= 15 is 0 Å². The number of hydrogen-bond acceptors (Lipinski definition) is 2. The monoisotopic (exact) mass is 734 g/mol. The summed E-state index contributed by atoms with van der Waals surface area (Å²) in [6.45, 7) is 0. The zero-order chi connectivity index (χ0) is 39.5. The van der Waals surface area contributed by atoms with E-state index in [1.165, 1.54) is 88.2 Å². The fourth-order valence-corrected chi connectivity index (χ4v) is 9.18. The highest BCUT2D eigenvalue weighted by Gasteiger charge is 2.22. The Morgan fingerprint density at radius 3 is 1.52 bits per heavy atom. The van der Waals surface area contributed by atoms with E-state index < -0.39 is 0 Å². The van der Waals surface area contributed by atoms with Crippen LogP contribution in [0.3, 0.4) is 0 Å². The molecule has 0 radical (unpaired) electrons. The van der Waals surface area contributed by atoms with E-state index in [4.69, 9.17) is 9.97 Å². The maximum atomic E-state index is 5.25. The SMILES string of the molecule is Bc1c(B)c(B)c(-c2ccc3c(c2)Cc2cc(-c4ccc(-c5cc(-c6cccc(-c7ccccc7)c6)nc(-c6ccccc6)n5)c5ccccc45)ccc2-3)c(B)c1B. The Kier molecular flexibility index (Phi) is 8.90. The van der Waals surface area contributed by atoms with Gasteiger partial charge in [0.15, 0.2) is 5.82 Å². The van der Waals surface area contributed by atoms with Gasteiger partial charge in [0.1, 0.15) is 39.2 Å². The van der Waals surface area contributed by atoms with Crippen molar-refractivity contribution in [3.8, 4) is 78.4 Å². The Labute approximate surface area is 345 Å². The smallest absolute Gasteiger partial charge is 0.160 e. The summed E-state index contributed by atoms with van der Waals surface area (Å²) in [5.41, 5.74) is 24.9. The van der Waals surface area contributed by atoms with Crippen molar-refractivity contribution in [3.05, 3.63) is 175 Å². The van der Waals surface area contributed by atoms with Gasteiger partial charge < -0.3 is 0 Å². The highest BCUT2D eigenvalue weighted by atomic mass is 14.9. The molecule has 1 aliphatic rings. The van der Waals surface area contributed by atoms with Gasteiger partial charge in [0.25, 0.3) is 0 Å². The van der Waals surface area contributed by atoms with Gasteiger partial charge in [0, 0.05) is 16.7 Å². The van der Waals surface area contributed by atoms with Gasteiger partial charge in [0.05, 0.1) is 11.4 Å². The number of fused-ring (bicyclic) bond motifs is 4. The quantitative estimate of drug-likeness (QED) is 0.236. The van der Waals surface area contributed by atoms with E-state index in [0.717, 1.165) is 40.1 Å². The lowest BCUT2D eigenvalue weighted by atomic mass is 9.59. The molecule has 0 unspecified atom stereocenters. The van der Waals surface area contributed by atoms with E-state index in [-0.39, 0.29) is 0 Å². The van der Waals surface area contributed by atoms with Crippen LogP contribution in [0.1, 0.15) is 11.1 Å². The molecule has 9 aromatic rings. The van der Waals surface area contributed by atoms with Crippen molar-refractivity contribution >= 4 is 77.3 Å². The van der Waals surface area contributed by atoms with Crippen molar-refractivity contribution in [2.75, 3.05) is 0 Å². The number of nitrogens with zero attached hydrogens (tertiary/aromatic N) is 2. The van der Waals surface area contributed by atoms with E-state index in [1.54, 1.807) is 0 Å². The molecule has 1 heterocycles. The molecule has 0 amide bonds. The predicted molar refractivity (Wildman–Crippen MR) is 261 cm³/mol. The van der Waals surface area contributed by atoms with Crippen molar-refractivity contribution < 1.29 is 0 Å². The molecule has 1 aliphatic carbocycles. The van der Waals surface area contributed by atoms with Gasteiger partial charge in [-0.25, -0.2) is 9.97 Å². The minimum absolute atomic E-state index is 0.714. The zero-order valence-corrected chi connectivity index (χ0v) is 33.7. The Bertz CT molecular complexity index is 3060. The standard InChI is InChI=1S/C51H39B5N2/c52-46-45(47(53)49(55)50(56)48(46)54)34-19-21-39-36(26-34)27-35-25-32(18-20-38(35)39)37-22-23-42(41-17-8-7-16-40(37)41)44-28-43(57-51(58-44)30-12-5-2-6-13-30)33-15-9-14-31(24-33)29-10-3-1-4-11-29/h1-26,28H,27,52-56H2. The largest absolute Gasteiger partial charge is 0.228 e. The third-order valence-electron chi connectivity index (χ3n) is 12.7. The summed E-state index contributed by atoms with van der Waals surface area (Å²) in [6, 6.07) is 59.1. The Morgan fingerprint density at radius 1 is 0.328 bits per heavy atom. The molecule has 0 bridgehead atoms. The molecular formula is C51H39B5N2. The minimum Gasteiger partial charge on any atom is -0.228 e. The number of benzene rings is 8. The topological polar surface area (TPSA) is 25.8 Å². The average molecular weight is 734 g/mol. The summed E-state index contributed by atoms with van der Waals surface area (Å²) >= 11 is 0. The number of hydrogen-bond donors (Lipinski definition) is 0. The van der Waals surface area contributed by atoms with E-state index in [9.17, 15) is 0 Å². The van der Waals surface area contributed by atoms with Crippen LogP contribution in [-0.2, 0) is 6.42 Å². The first-order valence-electron chi connectivity index (χ1n) is 20.3. The third kappa shape index (κ3) is 6.14. The fourth-order valence-electron chi connectivity index (χ4n) is 9.18. The maximum Gasteiger partial charge on any atom is 0.160 e. The van der Waals surface area contributed by atoms with Gasteiger partial charge in [-0.05, 0) is 85.0 Å². The predicted octanol–water partition coefficient (Wildman–Crippen LogP) is 4.50. The summed E-state index contributed by atoms with van der Waals surface area (Å²) in [5.74, 6) is 0.714. The Morgan fingerprint density at radius 2 is 0.828 bits per heavy atom. The summed E-state index contributed by atoms with van der Waals surface area (Å²) in [5, 5.41) is 2.38. The normalized spacial score (nSPS) is 11.7. The first-order valence-corrected chi connectivity index (χ1v) is 20.3. The first kappa shape index (κ1) is 35.8. The minimum atomic E-state index is 0.714. The second-order valence-electron chi connectivity index (χ2n) is 15.9. The van der Waals surface area contributed by atoms with E-state index in [0.29, 0.717) is 5.82 Å². The second-order valence-corrected chi connectivity index (χ2v) is 15.9. The van der Waals surface area contributed by atoms with Crippen LogP contribution in [0.15, 0.2) is 164 Å². The molecule has 268 valence electrons. The zero-order valence-electron chi connectivity index (χ0n) is 33.7. The van der Waals surface area contributed by atoms with Gasteiger partial charge in [-0.1, -0.05) is 163 Å². The van der Waals surface area contributed by atoms with Crippen LogP contribution in [0.4, 0.5) is 0 Å². The molecule has 10 rings (SSSR count). The van der Waals surface area contributed by atoms with Crippen molar-refractivity contribution in [3.63, 3.8) is 0 Å². The highest BCUT2D eigenvalue weighted by Crippen LogP contribution is 2.42. The first-order chi connectivity index (χ1) is 28.3. The molecule has 58 heavy (non-hydrogen) atoms. The maximum absolute atomic E-state index is 5.25. The Balaban J connectivity index is 1.05. The fraction of sp³-hybridized carbons (Fsp3) is 0.0196. The molecule has 0 N–H and O–H groups in total. The number of aromatic nitrogens is 2. The lowest BCUT2D eigenvalue weighted by Crippen LogP contribution is -2.55. The molecule has 0 saturated carbocycles. The molecule has 0 saturated heterocycles. The molecule has 1 aromatic heterocycles. The molecule has 0 spiro atoms. The van der Waals surface area contributed by atoms with E-state index in [1.807, 2.05) is 18.2 Å². The van der Waals surface area contributed by atoms with Crippen LogP contribution < -0.4 is 27.3 Å². The molecule has 0 aliphatic heterocycles. The lowest BCUT2D eigenvalue weighted by Gasteiger charge is -2.21. The van der Waals surface area contributed by atoms with Crippen molar-refractivity contribution in [1.82, 2.24) is 9.97 Å². The summed E-state index contributed by atoms with van der Waals surface area (Å²) < 4.78 is 0. The summed E-state index contributed by atoms with van der Waals surface area (Å²) in [6.07, 6.45) is 0.932. The lowest BCUT2D eigenvalue weighted by molar-refractivity contribution is 1.18. The van der Waals surface area contributed by atoms with Crippen LogP contribution in [0.5, 0.6) is 0 Å². The number of rotatable bonds is 6. The third-order valence-corrected chi connectivity index (χ3v) is 12.7. The molecular weight excluding hydrogens is 695 g/mol. The van der Waals surface area contributed by atoms with Gasteiger partial charge in [-0.2, -0.15) is 0 Å². The molecule has 0 fully saturated rings. The van der Waals surface area contributed by atoms with Crippen molar-refractivity contribution in [2.24, 2.45) is 0 Å². The van der Waals surface area contributed by atoms with Crippen molar-refractivity contribution in [2.45, 2.75) is 6.42 Å². The van der Waals surface area contributed by atoms with Gasteiger partial charge in [-0.15, -0.1) is 16.4 Å². The van der Waals surface area contributed by atoms with Crippen LogP contribution in [-0.4, -0.2) is 49.2 Å². The second kappa shape index (κ2) is 14.4. The molecule has 0 atom stereocenters.